The Balaban J connectivity index is 2.31. The highest BCUT2D eigenvalue weighted by atomic mass is 19.2. The third-order valence-corrected chi connectivity index (χ3v) is 3.10. The van der Waals surface area contributed by atoms with Crippen LogP contribution in [0.4, 0.5) is 13.2 Å². The highest BCUT2D eigenvalue weighted by molar-refractivity contribution is 5.97. The van der Waals surface area contributed by atoms with E-state index in [1.165, 1.54) is 6.92 Å². The fourth-order valence-electron chi connectivity index (χ4n) is 1.96. The second-order valence-corrected chi connectivity index (χ2v) is 4.73. The lowest BCUT2D eigenvalue weighted by Gasteiger charge is -2.12. The van der Waals surface area contributed by atoms with Crippen LogP contribution in [-0.4, -0.2) is 18.5 Å². The molecule has 0 saturated carbocycles. The van der Waals surface area contributed by atoms with Crippen molar-refractivity contribution < 1.29 is 27.4 Å². The van der Waals surface area contributed by atoms with Gasteiger partial charge < -0.3 is 9.47 Å². The van der Waals surface area contributed by atoms with Gasteiger partial charge in [-0.25, -0.2) is 18.0 Å². The Labute approximate surface area is 136 Å². The first kappa shape index (κ1) is 17.5. The molecule has 0 unspecified atom stereocenters. The summed E-state index contributed by atoms with van der Waals surface area (Å²) in [5.74, 6) is -6.53. The van der Waals surface area contributed by atoms with Gasteiger partial charge in [-0.15, -0.1) is 0 Å². The van der Waals surface area contributed by atoms with E-state index in [0.717, 1.165) is 0 Å². The number of hydrogen-bond acceptors (Lipinski definition) is 4. The summed E-state index contributed by atoms with van der Waals surface area (Å²) in [5, 5.41) is 7.68. The number of rotatable bonds is 5. The van der Waals surface area contributed by atoms with Crippen molar-refractivity contribution in [2.75, 3.05) is 6.61 Å². The predicted molar refractivity (Wildman–Crippen MR) is 80.3 cm³/mol. The van der Waals surface area contributed by atoms with Gasteiger partial charge in [0.1, 0.15) is 12.2 Å². The fourth-order valence-corrected chi connectivity index (χ4v) is 1.96. The average molecular weight is 337 g/mol. The van der Waals surface area contributed by atoms with E-state index < -0.39 is 40.4 Å². The van der Waals surface area contributed by atoms with Gasteiger partial charge in [0.25, 0.3) is 0 Å². The molecule has 126 valence electrons. The number of carbonyl (C=O) groups is 1. The standard InChI is InChI=1S/C17H14F3NO3/c1-2-23-17(22)11-8-12(18)15(20)13(14(11)19)16(21)24-9-10-6-4-3-5-7-10/h3-8,21H,2,9H2,1H3. The first-order valence-electron chi connectivity index (χ1n) is 7.06. The molecule has 0 atom stereocenters. The van der Waals surface area contributed by atoms with Crippen LogP contribution in [0.5, 0.6) is 0 Å². The second kappa shape index (κ2) is 7.63. The minimum Gasteiger partial charge on any atom is -0.473 e. The molecular weight excluding hydrogens is 323 g/mol. The number of hydrogen-bond donors (Lipinski definition) is 1. The summed E-state index contributed by atoms with van der Waals surface area (Å²) in [7, 11) is 0. The van der Waals surface area contributed by atoms with E-state index in [-0.39, 0.29) is 13.2 Å². The normalized spacial score (nSPS) is 10.3. The Hall–Kier alpha value is -2.83. The first-order valence-corrected chi connectivity index (χ1v) is 7.06. The summed E-state index contributed by atoms with van der Waals surface area (Å²) >= 11 is 0. The van der Waals surface area contributed by atoms with Crippen LogP contribution >= 0.6 is 0 Å². The van der Waals surface area contributed by atoms with Gasteiger partial charge in [-0.3, -0.25) is 5.41 Å². The second-order valence-electron chi connectivity index (χ2n) is 4.73. The smallest absolute Gasteiger partial charge is 0.341 e. The molecule has 0 aromatic heterocycles. The Morgan fingerprint density at radius 1 is 1.08 bits per heavy atom. The summed E-state index contributed by atoms with van der Waals surface area (Å²) in [4.78, 5) is 11.6. The van der Waals surface area contributed by atoms with Crippen LogP contribution in [0, 0.1) is 22.9 Å². The molecule has 0 radical (unpaired) electrons. The van der Waals surface area contributed by atoms with Gasteiger partial charge in [0, 0.05) is 0 Å². The molecule has 1 N–H and O–H groups in total. The van der Waals surface area contributed by atoms with E-state index in [4.69, 9.17) is 10.1 Å². The lowest BCUT2D eigenvalue weighted by atomic mass is 10.1. The molecule has 0 bridgehead atoms. The molecule has 0 spiro atoms. The Morgan fingerprint density at radius 2 is 1.75 bits per heavy atom. The van der Waals surface area contributed by atoms with Gasteiger partial charge in [0.2, 0.25) is 5.90 Å². The Bertz CT molecular complexity index is 763. The highest BCUT2D eigenvalue weighted by Gasteiger charge is 2.27. The van der Waals surface area contributed by atoms with Gasteiger partial charge in [-0.05, 0) is 18.6 Å². The molecule has 0 saturated heterocycles. The van der Waals surface area contributed by atoms with Crippen molar-refractivity contribution in [2.45, 2.75) is 13.5 Å². The van der Waals surface area contributed by atoms with Gasteiger partial charge in [-0.2, -0.15) is 0 Å². The maximum atomic E-state index is 14.3. The molecule has 7 heteroatoms. The molecule has 24 heavy (non-hydrogen) atoms. The minimum absolute atomic E-state index is 0.0610. The SMILES string of the molecule is CCOC(=O)c1cc(F)c(F)c(C(=N)OCc2ccccc2)c1F. The molecule has 0 aliphatic carbocycles. The number of benzene rings is 2. The third kappa shape index (κ3) is 3.73. The highest BCUT2D eigenvalue weighted by Crippen LogP contribution is 2.22. The van der Waals surface area contributed by atoms with Crippen molar-refractivity contribution in [1.82, 2.24) is 0 Å². The largest absolute Gasteiger partial charge is 0.473 e. The lowest BCUT2D eigenvalue weighted by molar-refractivity contribution is 0.0520. The van der Waals surface area contributed by atoms with E-state index in [9.17, 15) is 18.0 Å². The summed E-state index contributed by atoms with van der Waals surface area (Å²) in [6.07, 6.45) is 0. The zero-order valence-corrected chi connectivity index (χ0v) is 12.7. The fraction of sp³-hybridized carbons (Fsp3) is 0.176. The molecule has 2 aromatic carbocycles. The van der Waals surface area contributed by atoms with Crippen LogP contribution in [0.1, 0.15) is 28.4 Å². The molecule has 0 aliphatic heterocycles. The van der Waals surface area contributed by atoms with Crippen molar-refractivity contribution in [3.63, 3.8) is 0 Å². The number of halogens is 3. The lowest BCUT2D eigenvalue weighted by Crippen LogP contribution is -2.17. The zero-order chi connectivity index (χ0) is 17.7. The number of ether oxygens (including phenoxy) is 2. The van der Waals surface area contributed by atoms with Crippen LogP contribution < -0.4 is 0 Å². The van der Waals surface area contributed by atoms with Crippen LogP contribution in [0.2, 0.25) is 0 Å². The monoisotopic (exact) mass is 337 g/mol. The predicted octanol–water partition coefficient (Wildman–Crippen LogP) is 3.82. The van der Waals surface area contributed by atoms with Crippen LogP contribution in [0.25, 0.3) is 0 Å². The zero-order valence-electron chi connectivity index (χ0n) is 12.7. The average Bonchev–Trinajstić information content (AvgIpc) is 2.57. The summed E-state index contributed by atoms with van der Waals surface area (Å²) in [6, 6.07) is 9.00. The Kier molecular flexibility index (Phi) is 5.57. The number of carbonyl (C=O) groups excluding carboxylic acids is 1. The Morgan fingerprint density at radius 3 is 2.38 bits per heavy atom. The number of esters is 1. The van der Waals surface area contributed by atoms with Gasteiger partial charge >= 0.3 is 5.97 Å². The van der Waals surface area contributed by atoms with Crippen molar-refractivity contribution >= 4 is 11.9 Å². The summed E-state index contributed by atoms with van der Waals surface area (Å²) in [6.45, 7) is 1.29. The van der Waals surface area contributed by atoms with Gasteiger partial charge in [0.15, 0.2) is 17.5 Å². The summed E-state index contributed by atoms with van der Waals surface area (Å²) in [5.41, 5.74) is -1.18. The molecule has 0 heterocycles. The summed E-state index contributed by atoms with van der Waals surface area (Å²) < 4.78 is 51.5. The molecule has 4 nitrogen and oxygen atoms in total. The van der Waals surface area contributed by atoms with Crippen LogP contribution in [0.15, 0.2) is 36.4 Å². The molecule has 2 rings (SSSR count). The van der Waals surface area contributed by atoms with Gasteiger partial charge in [0.05, 0.1) is 12.2 Å². The van der Waals surface area contributed by atoms with E-state index >= 15 is 0 Å². The maximum Gasteiger partial charge on any atom is 0.341 e. The van der Waals surface area contributed by atoms with Crippen molar-refractivity contribution in [2.24, 2.45) is 0 Å². The van der Waals surface area contributed by atoms with Crippen molar-refractivity contribution in [3.05, 3.63) is 70.5 Å². The number of nitrogens with one attached hydrogen (secondary N) is 1. The van der Waals surface area contributed by atoms with Crippen LogP contribution in [-0.2, 0) is 16.1 Å². The van der Waals surface area contributed by atoms with E-state index in [2.05, 4.69) is 4.74 Å². The first-order chi connectivity index (χ1) is 11.5. The van der Waals surface area contributed by atoms with Crippen molar-refractivity contribution in [3.8, 4) is 0 Å². The van der Waals surface area contributed by atoms with Crippen molar-refractivity contribution in [1.29, 1.82) is 5.41 Å². The molecule has 0 aliphatic rings. The molecule has 2 aromatic rings. The quantitative estimate of drug-likeness (QED) is 0.390. The minimum atomic E-state index is -1.60. The van der Waals surface area contributed by atoms with Crippen LogP contribution in [0.3, 0.4) is 0 Å². The van der Waals surface area contributed by atoms with Gasteiger partial charge in [-0.1, -0.05) is 30.3 Å². The van der Waals surface area contributed by atoms with E-state index in [1.54, 1.807) is 30.3 Å². The molecular formula is C17H14F3NO3. The third-order valence-electron chi connectivity index (χ3n) is 3.10. The molecule has 0 fully saturated rings. The van der Waals surface area contributed by atoms with E-state index in [0.29, 0.717) is 11.6 Å². The topological polar surface area (TPSA) is 59.4 Å². The molecule has 0 amide bonds. The van der Waals surface area contributed by atoms with E-state index in [1.807, 2.05) is 0 Å². The maximum absolute atomic E-state index is 14.3.